The third kappa shape index (κ3) is 3.15. The zero-order valence-corrected chi connectivity index (χ0v) is 13.7. The van der Waals surface area contributed by atoms with Crippen molar-refractivity contribution in [2.75, 3.05) is 14.2 Å². The first-order valence-corrected chi connectivity index (χ1v) is 7.65. The Labute approximate surface area is 141 Å². The van der Waals surface area contributed by atoms with Gasteiger partial charge in [-0.3, -0.25) is 4.79 Å². The van der Waals surface area contributed by atoms with E-state index in [1.165, 1.54) is 0 Å². The van der Waals surface area contributed by atoms with Crippen LogP contribution in [-0.2, 0) is 0 Å². The van der Waals surface area contributed by atoms with Crippen LogP contribution < -0.4 is 9.47 Å². The quantitative estimate of drug-likeness (QED) is 0.503. The van der Waals surface area contributed by atoms with Gasteiger partial charge in [0.1, 0.15) is 0 Å². The van der Waals surface area contributed by atoms with Crippen LogP contribution in [0.25, 0.3) is 16.8 Å². The Kier molecular flexibility index (Phi) is 4.62. The van der Waals surface area contributed by atoms with Crippen molar-refractivity contribution in [3.63, 3.8) is 0 Å². The molecule has 3 rings (SSSR count). The lowest BCUT2D eigenvalue weighted by molar-refractivity contribution is 0.104. The molecule has 0 saturated heterocycles. The minimum Gasteiger partial charge on any atom is -0.493 e. The third-order valence-electron chi connectivity index (χ3n) is 3.88. The van der Waals surface area contributed by atoms with Crippen LogP contribution in [0.1, 0.15) is 15.9 Å². The zero-order chi connectivity index (χ0) is 16.9. The molecule has 0 heterocycles. The number of hydrogen-bond donors (Lipinski definition) is 0. The number of benzene rings is 3. The van der Waals surface area contributed by atoms with E-state index in [1.54, 1.807) is 26.4 Å². The smallest absolute Gasteiger partial charge is 0.185 e. The van der Waals surface area contributed by atoms with Crippen LogP contribution in [0.3, 0.4) is 0 Å². The largest absolute Gasteiger partial charge is 0.493 e. The Bertz CT molecular complexity index is 910. The topological polar surface area (TPSA) is 35.5 Å². The van der Waals surface area contributed by atoms with Crippen LogP contribution in [0, 0.1) is 0 Å². The van der Waals surface area contributed by atoms with Crippen molar-refractivity contribution in [1.29, 1.82) is 0 Å². The summed E-state index contributed by atoms with van der Waals surface area (Å²) in [5.74, 6) is 1.20. The van der Waals surface area contributed by atoms with Gasteiger partial charge in [-0.25, -0.2) is 0 Å². The highest BCUT2D eigenvalue weighted by Gasteiger charge is 2.08. The number of hydrogen-bond acceptors (Lipinski definition) is 3. The first-order valence-electron chi connectivity index (χ1n) is 7.65. The fourth-order valence-corrected chi connectivity index (χ4v) is 2.65. The normalized spacial score (nSPS) is 10.9. The highest BCUT2D eigenvalue weighted by molar-refractivity contribution is 6.08. The first kappa shape index (κ1) is 15.8. The standard InChI is InChI=1S/C21H18O3/c1-23-20-9-5-8-16(21(20)24-2)12-13-19(22)18-11-10-15-6-3-4-7-17(15)14-18/h3-14H,1-2H3. The van der Waals surface area contributed by atoms with Gasteiger partial charge < -0.3 is 9.47 Å². The average molecular weight is 318 g/mol. The van der Waals surface area contributed by atoms with E-state index in [9.17, 15) is 4.79 Å². The third-order valence-corrected chi connectivity index (χ3v) is 3.88. The van der Waals surface area contributed by atoms with Gasteiger partial charge in [-0.05, 0) is 35.1 Å². The predicted octanol–water partition coefficient (Wildman–Crippen LogP) is 4.75. The van der Waals surface area contributed by atoms with Gasteiger partial charge in [0.25, 0.3) is 0 Å². The molecule has 0 fully saturated rings. The maximum Gasteiger partial charge on any atom is 0.185 e. The van der Waals surface area contributed by atoms with Crippen molar-refractivity contribution in [3.8, 4) is 11.5 Å². The fourth-order valence-electron chi connectivity index (χ4n) is 2.65. The number of allylic oxidation sites excluding steroid dienone is 1. The summed E-state index contributed by atoms with van der Waals surface area (Å²) < 4.78 is 10.6. The summed E-state index contributed by atoms with van der Waals surface area (Å²) in [6.45, 7) is 0. The van der Waals surface area contributed by atoms with Crippen LogP contribution in [0.5, 0.6) is 11.5 Å². The number of fused-ring (bicyclic) bond motifs is 1. The van der Waals surface area contributed by atoms with Crippen LogP contribution in [0.2, 0.25) is 0 Å². The summed E-state index contributed by atoms with van der Waals surface area (Å²) >= 11 is 0. The summed E-state index contributed by atoms with van der Waals surface area (Å²) in [5.41, 5.74) is 1.46. The molecule has 0 spiro atoms. The maximum absolute atomic E-state index is 12.5. The molecule has 0 aliphatic rings. The van der Waals surface area contributed by atoms with Gasteiger partial charge >= 0.3 is 0 Å². The molecule has 0 N–H and O–H groups in total. The number of ether oxygens (including phenoxy) is 2. The Morgan fingerprint density at radius 2 is 1.67 bits per heavy atom. The van der Waals surface area contributed by atoms with Crippen LogP contribution in [-0.4, -0.2) is 20.0 Å². The molecular formula is C21H18O3. The molecular weight excluding hydrogens is 300 g/mol. The van der Waals surface area contributed by atoms with Crippen molar-refractivity contribution in [2.24, 2.45) is 0 Å². The first-order chi connectivity index (χ1) is 11.7. The van der Waals surface area contributed by atoms with E-state index in [0.29, 0.717) is 17.1 Å². The summed E-state index contributed by atoms with van der Waals surface area (Å²) in [7, 11) is 3.17. The number of carbonyl (C=O) groups excluding carboxylic acids is 1. The van der Waals surface area contributed by atoms with E-state index < -0.39 is 0 Å². The molecule has 0 bridgehead atoms. The van der Waals surface area contributed by atoms with Crippen molar-refractivity contribution < 1.29 is 14.3 Å². The van der Waals surface area contributed by atoms with Gasteiger partial charge in [0.2, 0.25) is 0 Å². The van der Waals surface area contributed by atoms with Crippen LogP contribution in [0.15, 0.2) is 66.7 Å². The molecule has 0 amide bonds. The Morgan fingerprint density at radius 3 is 2.42 bits per heavy atom. The average Bonchev–Trinajstić information content (AvgIpc) is 2.65. The van der Waals surface area contributed by atoms with Crippen molar-refractivity contribution in [2.45, 2.75) is 0 Å². The lowest BCUT2D eigenvalue weighted by Crippen LogP contribution is -1.95. The molecule has 0 aliphatic carbocycles. The van der Waals surface area contributed by atoms with Gasteiger partial charge in [0, 0.05) is 11.1 Å². The summed E-state index contributed by atoms with van der Waals surface area (Å²) in [4.78, 5) is 12.5. The summed E-state index contributed by atoms with van der Waals surface area (Å²) in [5, 5.41) is 2.17. The van der Waals surface area contributed by atoms with Gasteiger partial charge in [-0.2, -0.15) is 0 Å². The van der Waals surface area contributed by atoms with Gasteiger partial charge in [0.15, 0.2) is 17.3 Å². The molecule has 3 nitrogen and oxygen atoms in total. The number of ketones is 1. The number of carbonyl (C=O) groups is 1. The molecule has 0 radical (unpaired) electrons. The molecule has 0 unspecified atom stereocenters. The minimum absolute atomic E-state index is 0.0503. The lowest BCUT2D eigenvalue weighted by Gasteiger charge is -2.09. The summed E-state index contributed by atoms with van der Waals surface area (Å²) in [6, 6.07) is 19.3. The van der Waals surface area contributed by atoms with Crippen molar-refractivity contribution in [3.05, 3.63) is 77.9 Å². The minimum atomic E-state index is -0.0503. The predicted molar refractivity (Wildman–Crippen MR) is 96.9 cm³/mol. The Balaban J connectivity index is 1.89. The Hall–Kier alpha value is -3.07. The highest BCUT2D eigenvalue weighted by atomic mass is 16.5. The molecule has 120 valence electrons. The molecule has 0 atom stereocenters. The number of methoxy groups -OCH3 is 2. The van der Waals surface area contributed by atoms with E-state index in [1.807, 2.05) is 60.7 Å². The van der Waals surface area contributed by atoms with Gasteiger partial charge in [-0.15, -0.1) is 0 Å². The molecule has 3 heteroatoms. The van der Waals surface area contributed by atoms with Crippen molar-refractivity contribution in [1.82, 2.24) is 0 Å². The number of rotatable bonds is 5. The second kappa shape index (κ2) is 7.01. The van der Waals surface area contributed by atoms with E-state index >= 15 is 0 Å². The van der Waals surface area contributed by atoms with Gasteiger partial charge in [0.05, 0.1) is 14.2 Å². The van der Waals surface area contributed by atoms with Crippen LogP contribution >= 0.6 is 0 Å². The second-order valence-electron chi connectivity index (χ2n) is 5.34. The van der Waals surface area contributed by atoms with E-state index in [-0.39, 0.29) is 5.78 Å². The molecule has 3 aromatic carbocycles. The van der Waals surface area contributed by atoms with E-state index in [0.717, 1.165) is 16.3 Å². The number of para-hydroxylation sites is 1. The van der Waals surface area contributed by atoms with Crippen molar-refractivity contribution >= 4 is 22.6 Å². The maximum atomic E-state index is 12.5. The fraction of sp³-hybridized carbons (Fsp3) is 0.0952. The molecule has 3 aromatic rings. The zero-order valence-electron chi connectivity index (χ0n) is 13.7. The second-order valence-corrected chi connectivity index (χ2v) is 5.34. The van der Waals surface area contributed by atoms with Crippen LogP contribution in [0.4, 0.5) is 0 Å². The molecule has 0 saturated carbocycles. The van der Waals surface area contributed by atoms with E-state index in [4.69, 9.17) is 9.47 Å². The monoisotopic (exact) mass is 318 g/mol. The van der Waals surface area contributed by atoms with E-state index in [2.05, 4.69) is 0 Å². The molecule has 0 aromatic heterocycles. The highest BCUT2D eigenvalue weighted by Crippen LogP contribution is 2.31. The van der Waals surface area contributed by atoms with Gasteiger partial charge in [-0.1, -0.05) is 48.5 Å². The molecule has 24 heavy (non-hydrogen) atoms. The SMILES string of the molecule is COc1cccc(C=CC(=O)c2ccc3ccccc3c2)c1OC. The molecule has 0 aliphatic heterocycles. The lowest BCUT2D eigenvalue weighted by atomic mass is 10.0. The Morgan fingerprint density at radius 1 is 0.875 bits per heavy atom. The summed E-state index contributed by atoms with van der Waals surface area (Å²) in [6.07, 6.45) is 3.31.